The molecule has 0 atom stereocenters. The largest absolute Gasteiger partial charge is 0.497 e. The Bertz CT molecular complexity index is 1080. The van der Waals surface area contributed by atoms with Gasteiger partial charge in [0.15, 0.2) is 0 Å². The van der Waals surface area contributed by atoms with Crippen molar-refractivity contribution in [2.75, 3.05) is 29.0 Å². The number of hydrogen-bond acceptors (Lipinski definition) is 5. The third kappa shape index (κ3) is 3.68. The number of nitrogens with zero attached hydrogens (tertiary/aromatic N) is 2. The Kier molecular flexibility index (Phi) is 4.61. The normalized spacial score (nSPS) is 15.8. The summed E-state index contributed by atoms with van der Waals surface area (Å²) in [4.78, 5) is 4.62. The zero-order valence-electron chi connectivity index (χ0n) is 15.1. The van der Waals surface area contributed by atoms with Crippen molar-refractivity contribution in [1.29, 1.82) is 0 Å². The fraction of sp³-hybridized carbons (Fsp3) is 0.250. The predicted molar refractivity (Wildman–Crippen MR) is 108 cm³/mol. The van der Waals surface area contributed by atoms with Crippen molar-refractivity contribution >= 4 is 32.4 Å². The van der Waals surface area contributed by atoms with E-state index < -0.39 is 10.0 Å². The van der Waals surface area contributed by atoms with Gasteiger partial charge in [0.05, 0.1) is 24.1 Å². The van der Waals surface area contributed by atoms with E-state index in [1.54, 1.807) is 7.11 Å². The zero-order chi connectivity index (χ0) is 18.9. The molecular formula is C20H21N3O3S. The summed E-state index contributed by atoms with van der Waals surface area (Å²) in [5, 5.41) is 4.32. The van der Waals surface area contributed by atoms with E-state index in [0.717, 1.165) is 33.7 Å². The molecule has 0 aliphatic carbocycles. The molecule has 2 aromatic carbocycles. The topological polar surface area (TPSA) is 71.5 Å². The van der Waals surface area contributed by atoms with Crippen LogP contribution in [-0.4, -0.2) is 32.8 Å². The second kappa shape index (κ2) is 7.08. The number of pyridine rings is 1. The number of sulfonamides is 1. The molecule has 1 fully saturated rings. The first kappa shape index (κ1) is 17.6. The molecule has 2 heterocycles. The van der Waals surface area contributed by atoms with Crippen LogP contribution < -0.4 is 14.4 Å². The van der Waals surface area contributed by atoms with E-state index >= 15 is 0 Å². The van der Waals surface area contributed by atoms with Crippen molar-refractivity contribution < 1.29 is 13.2 Å². The first-order valence-electron chi connectivity index (χ1n) is 8.83. The molecule has 4 rings (SSSR count). The molecule has 0 radical (unpaired) electrons. The molecule has 0 saturated carbocycles. The van der Waals surface area contributed by atoms with Crippen LogP contribution in [0.4, 0.5) is 11.5 Å². The molecular weight excluding hydrogens is 362 g/mol. The Morgan fingerprint density at radius 3 is 2.81 bits per heavy atom. The van der Waals surface area contributed by atoms with Crippen LogP contribution in [0.1, 0.15) is 12.0 Å². The van der Waals surface area contributed by atoms with Gasteiger partial charge in [-0.3, -0.25) is 4.31 Å². The molecule has 140 valence electrons. The quantitative estimate of drug-likeness (QED) is 0.731. The van der Waals surface area contributed by atoms with Gasteiger partial charge in [0.2, 0.25) is 10.0 Å². The van der Waals surface area contributed by atoms with E-state index in [4.69, 9.17) is 4.74 Å². The standard InChI is InChI=1S/C20H21N3O3S/c1-26-18-7-8-19-16(13-18)6-9-20(22-19)21-14-15-4-2-5-17(12-15)23-10-3-11-27(23,24)25/h2,4-9,12-13H,3,10-11,14H2,1H3,(H,21,22). The number of ether oxygens (including phenoxy) is 1. The van der Waals surface area contributed by atoms with Gasteiger partial charge in [-0.1, -0.05) is 12.1 Å². The van der Waals surface area contributed by atoms with Crippen molar-refractivity contribution in [2.24, 2.45) is 0 Å². The third-order valence-corrected chi connectivity index (χ3v) is 6.54. The minimum Gasteiger partial charge on any atom is -0.497 e. The van der Waals surface area contributed by atoms with Crippen LogP contribution >= 0.6 is 0 Å². The maximum Gasteiger partial charge on any atom is 0.235 e. The predicted octanol–water partition coefficient (Wildman–Crippen LogP) is 3.40. The molecule has 6 nitrogen and oxygen atoms in total. The number of rotatable bonds is 5. The Hall–Kier alpha value is -2.80. The number of methoxy groups -OCH3 is 1. The molecule has 1 N–H and O–H groups in total. The molecule has 3 aromatic rings. The summed E-state index contributed by atoms with van der Waals surface area (Å²) in [5.74, 6) is 1.80. The highest BCUT2D eigenvalue weighted by molar-refractivity contribution is 7.93. The van der Waals surface area contributed by atoms with Crippen molar-refractivity contribution in [3.8, 4) is 5.75 Å². The fourth-order valence-corrected chi connectivity index (χ4v) is 4.83. The molecule has 1 aliphatic rings. The van der Waals surface area contributed by atoms with Gasteiger partial charge in [-0.05, 0) is 54.4 Å². The Balaban J connectivity index is 1.50. The van der Waals surface area contributed by atoms with E-state index in [1.807, 2.05) is 54.6 Å². The summed E-state index contributed by atoms with van der Waals surface area (Å²) in [7, 11) is -1.52. The van der Waals surface area contributed by atoms with Gasteiger partial charge in [-0.15, -0.1) is 0 Å². The average molecular weight is 383 g/mol. The highest BCUT2D eigenvalue weighted by Crippen LogP contribution is 2.25. The van der Waals surface area contributed by atoms with Gasteiger partial charge >= 0.3 is 0 Å². The molecule has 1 aromatic heterocycles. The van der Waals surface area contributed by atoms with Gasteiger partial charge in [0.1, 0.15) is 11.6 Å². The van der Waals surface area contributed by atoms with Crippen LogP contribution in [0.2, 0.25) is 0 Å². The maximum atomic E-state index is 12.1. The van der Waals surface area contributed by atoms with Gasteiger partial charge in [0.25, 0.3) is 0 Å². The lowest BCUT2D eigenvalue weighted by molar-refractivity contribution is 0.415. The fourth-order valence-electron chi connectivity index (χ4n) is 3.27. The highest BCUT2D eigenvalue weighted by Gasteiger charge is 2.28. The van der Waals surface area contributed by atoms with Crippen molar-refractivity contribution in [3.05, 3.63) is 60.2 Å². The SMILES string of the molecule is COc1ccc2nc(NCc3cccc(N4CCCS4(=O)=O)c3)ccc2c1. The Morgan fingerprint density at radius 1 is 1.15 bits per heavy atom. The van der Waals surface area contributed by atoms with Gasteiger partial charge in [-0.25, -0.2) is 13.4 Å². The Labute approximate surface area is 158 Å². The first-order valence-corrected chi connectivity index (χ1v) is 10.4. The van der Waals surface area contributed by atoms with Crippen molar-refractivity contribution in [3.63, 3.8) is 0 Å². The molecule has 1 aliphatic heterocycles. The van der Waals surface area contributed by atoms with Crippen LogP contribution in [0.15, 0.2) is 54.6 Å². The summed E-state index contributed by atoms with van der Waals surface area (Å²) in [6.07, 6.45) is 0.677. The molecule has 0 unspecified atom stereocenters. The van der Waals surface area contributed by atoms with Gasteiger partial charge < -0.3 is 10.1 Å². The lowest BCUT2D eigenvalue weighted by Gasteiger charge is -2.18. The molecule has 0 spiro atoms. The number of hydrogen-bond donors (Lipinski definition) is 1. The second-order valence-electron chi connectivity index (χ2n) is 6.52. The van der Waals surface area contributed by atoms with Crippen LogP contribution in [0.25, 0.3) is 10.9 Å². The van der Waals surface area contributed by atoms with E-state index in [2.05, 4.69) is 10.3 Å². The maximum absolute atomic E-state index is 12.1. The lowest BCUT2D eigenvalue weighted by Crippen LogP contribution is -2.25. The Morgan fingerprint density at radius 2 is 2.04 bits per heavy atom. The summed E-state index contributed by atoms with van der Waals surface area (Å²) < 4.78 is 31.0. The molecule has 1 saturated heterocycles. The first-order chi connectivity index (χ1) is 13.0. The van der Waals surface area contributed by atoms with Crippen molar-refractivity contribution in [2.45, 2.75) is 13.0 Å². The minimum atomic E-state index is -3.16. The van der Waals surface area contributed by atoms with Crippen molar-refractivity contribution in [1.82, 2.24) is 4.98 Å². The smallest absolute Gasteiger partial charge is 0.235 e. The molecule has 7 heteroatoms. The van der Waals surface area contributed by atoms with E-state index in [9.17, 15) is 8.42 Å². The summed E-state index contributed by atoms with van der Waals surface area (Å²) >= 11 is 0. The summed E-state index contributed by atoms with van der Waals surface area (Å²) in [6.45, 7) is 1.12. The number of fused-ring (bicyclic) bond motifs is 1. The highest BCUT2D eigenvalue weighted by atomic mass is 32.2. The average Bonchev–Trinajstić information content (AvgIpc) is 3.05. The van der Waals surface area contributed by atoms with Crippen LogP contribution in [0, 0.1) is 0 Å². The lowest BCUT2D eigenvalue weighted by atomic mass is 10.2. The molecule has 0 bridgehead atoms. The third-order valence-electron chi connectivity index (χ3n) is 4.67. The summed E-state index contributed by atoms with van der Waals surface area (Å²) in [6, 6.07) is 17.3. The number of nitrogens with one attached hydrogen (secondary N) is 1. The zero-order valence-corrected chi connectivity index (χ0v) is 15.9. The van der Waals surface area contributed by atoms with Crippen LogP contribution in [0.3, 0.4) is 0 Å². The van der Waals surface area contributed by atoms with E-state index in [0.29, 0.717) is 19.5 Å². The van der Waals surface area contributed by atoms with Gasteiger partial charge in [0, 0.05) is 18.5 Å². The van der Waals surface area contributed by atoms with Crippen LogP contribution in [0.5, 0.6) is 5.75 Å². The monoisotopic (exact) mass is 383 g/mol. The second-order valence-corrected chi connectivity index (χ2v) is 8.53. The molecule has 0 amide bonds. The number of aromatic nitrogens is 1. The minimum absolute atomic E-state index is 0.223. The summed E-state index contributed by atoms with van der Waals surface area (Å²) in [5.41, 5.74) is 2.62. The molecule has 27 heavy (non-hydrogen) atoms. The van der Waals surface area contributed by atoms with Crippen LogP contribution in [-0.2, 0) is 16.6 Å². The van der Waals surface area contributed by atoms with E-state index in [1.165, 1.54) is 4.31 Å². The number of anilines is 2. The van der Waals surface area contributed by atoms with Gasteiger partial charge in [-0.2, -0.15) is 0 Å². The van der Waals surface area contributed by atoms with E-state index in [-0.39, 0.29) is 5.75 Å². The number of benzene rings is 2.